The summed E-state index contributed by atoms with van der Waals surface area (Å²) >= 11 is 0. The van der Waals surface area contributed by atoms with Gasteiger partial charge in [-0.3, -0.25) is 0 Å². The highest BCUT2D eigenvalue weighted by molar-refractivity contribution is 7.90. The molecule has 0 bridgehead atoms. The van der Waals surface area contributed by atoms with Crippen molar-refractivity contribution < 1.29 is 13.2 Å². The molecule has 0 aliphatic heterocycles. The van der Waals surface area contributed by atoms with Gasteiger partial charge in [0.25, 0.3) is 10.0 Å². The number of sulfonamides is 1. The summed E-state index contributed by atoms with van der Waals surface area (Å²) in [7, 11) is -1.87. The minimum Gasteiger partial charge on any atom is -0.497 e. The van der Waals surface area contributed by atoms with Crippen LogP contribution < -0.4 is 4.74 Å². The largest absolute Gasteiger partial charge is 0.497 e. The van der Waals surface area contributed by atoms with Gasteiger partial charge in [0.05, 0.1) is 12.9 Å². The molecule has 4 nitrogen and oxygen atoms in total. The number of hydrogen-bond acceptors (Lipinski definition) is 3. The molecular weight excluding hydrogens is 286 g/mol. The maximum Gasteiger partial charge on any atom is 0.253 e. The van der Waals surface area contributed by atoms with Gasteiger partial charge in [-0.25, -0.2) is 8.42 Å². The molecule has 2 aromatic rings. The van der Waals surface area contributed by atoms with E-state index >= 15 is 0 Å². The smallest absolute Gasteiger partial charge is 0.253 e. The van der Waals surface area contributed by atoms with Crippen molar-refractivity contribution in [1.82, 2.24) is 0 Å². The third-order valence-corrected chi connectivity index (χ3v) is 4.12. The molecule has 0 spiro atoms. The average molecular weight is 303 g/mol. The Hall–Kier alpha value is -2.14. The van der Waals surface area contributed by atoms with Crippen molar-refractivity contribution in [2.24, 2.45) is 4.40 Å². The fourth-order valence-electron chi connectivity index (χ4n) is 1.78. The van der Waals surface area contributed by atoms with Gasteiger partial charge in [0.15, 0.2) is 0 Å². The summed E-state index contributed by atoms with van der Waals surface area (Å²) in [5.74, 6) is 0.725. The highest BCUT2D eigenvalue weighted by atomic mass is 32.2. The summed E-state index contributed by atoms with van der Waals surface area (Å²) in [4.78, 5) is 0. The lowest BCUT2D eigenvalue weighted by molar-refractivity contribution is 0.415. The van der Waals surface area contributed by atoms with E-state index in [1.807, 2.05) is 30.3 Å². The summed E-state index contributed by atoms with van der Waals surface area (Å²) in [6.45, 7) is 0. The second-order valence-corrected chi connectivity index (χ2v) is 6.31. The maximum atomic E-state index is 11.9. The molecule has 0 aromatic heterocycles. The van der Waals surface area contributed by atoms with E-state index in [4.69, 9.17) is 4.74 Å². The molecule has 5 heteroatoms. The number of rotatable bonds is 6. The second kappa shape index (κ2) is 7.04. The fourth-order valence-corrected chi connectivity index (χ4v) is 2.66. The summed E-state index contributed by atoms with van der Waals surface area (Å²) in [6, 6.07) is 16.5. The standard InChI is InChI=1S/C16H17NO3S/c1-20-16-9-7-15(8-10-16)13-17-21(18,19)12-11-14-5-3-2-4-6-14/h2-10,13H,11-12H2,1H3. The van der Waals surface area contributed by atoms with Crippen LogP contribution in [0.3, 0.4) is 0 Å². The van der Waals surface area contributed by atoms with Crippen LogP contribution in [0.2, 0.25) is 0 Å². The molecule has 0 atom stereocenters. The van der Waals surface area contributed by atoms with Gasteiger partial charge >= 0.3 is 0 Å². The molecule has 2 rings (SSSR count). The van der Waals surface area contributed by atoms with Gasteiger partial charge in [-0.05, 0) is 41.8 Å². The maximum absolute atomic E-state index is 11.9. The lowest BCUT2D eigenvalue weighted by atomic mass is 10.2. The number of hydrogen-bond donors (Lipinski definition) is 0. The molecule has 0 radical (unpaired) electrons. The van der Waals surface area contributed by atoms with Gasteiger partial charge in [0, 0.05) is 6.21 Å². The number of aryl methyl sites for hydroxylation is 1. The zero-order valence-electron chi connectivity index (χ0n) is 11.8. The van der Waals surface area contributed by atoms with Gasteiger partial charge in [-0.15, -0.1) is 0 Å². The summed E-state index contributed by atoms with van der Waals surface area (Å²) < 4.78 is 32.5. The lowest BCUT2D eigenvalue weighted by Gasteiger charge is -2.01. The second-order valence-electron chi connectivity index (χ2n) is 4.53. The summed E-state index contributed by atoms with van der Waals surface area (Å²) in [6.07, 6.45) is 1.82. The zero-order chi connectivity index (χ0) is 15.1. The predicted octanol–water partition coefficient (Wildman–Crippen LogP) is 2.69. The Morgan fingerprint density at radius 1 is 1.05 bits per heavy atom. The minimum absolute atomic E-state index is 0.00364. The average Bonchev–Trinajstić information content (AvgIpc) is 2.53. The Labute approximate surface area is 125 Å². The van der Waals surface area contributed by atoms with Gasteiger partial charge < -0.3 is 4.74 Å². The molecule has 0 saturated carbocycles. The molecule has 0 aliphatic rings. The van der Waals surface area contributed by atoms with Gasteiger partial charge in [-0.2, -0.15) is 4.40 Å². The molecule has 2 aromatic carbocycles. The van der Waals surface area contributed by atoms with Gasteiger partial charge in [-0.1, -0.05) is 30.3 Å². The molecule has 0 fully saturated rings. The minimum atomic E-state index is -3.46. The third kappa shape index (κ3) is 5.04. The van der Waals surface area contributed by atoms with E-state index in [1.165, 1.54) is 6.21 Å². The fraction of sp³-hybridized carbons (Fsp3) is 0.188. The lowest BCUT2D eigenvalue weighted by Crippen LogP contribution is -2.06. The van der Waals surface area contributed by atoms with Crippen molar-refractivity contribution in [1.29, 1.82) is 0 Å². The van der Waals surface area contributed by atoms with Crippen molar-refractivity contribution in [3.05, 3.63) is 65.7 Å². The first-order chi connectivity index (χ1) is 10.1. The number of benzene rings is 2. The molecule has 0 unspecified atom stereocenters. The van der Waals surface area contributed by atoms with Crippen LogP contribution in [0.4, 0.5) is 0 Å². The van der Waals surface area contributed by atoms with Crippen LogP contribution in [-0.4, -0.2) is 27.5 Å². The van der Waals surface area contributed by atoms with Crippen molar-refractivity contribution in [3.63, 3.8) is 0 Å². The molecule has 0 N–H and O–H groups in total. The van der Waals surface area contributed by atoms with Gasteiger partial charge in [0.1, 0.15) is 5.75 Å². The van der Waals surface area contributed by atoms with Gasteiger partial charge in [0.2, 0.25) is 0 Å². The zero-order valence-corrected chi connectivity index (χ0v) is 12.6. The van der Waals surface area contributed by atoms with Crippen LogP contribution in [0, 0.1) is 0 Å². The topological polar surface area (TPSA) is 55.7 Å². The summed E-state index contributed by atoms with van der Waals surface area (Å²) in [5, 5.41) is 0. The number of nitrogens with zero attached hydrogens (tertiary/aromatic N) is 1. The molecule has 0 aliphatic carbocycles. The van der Waals surface area contributed by atoms with E-state index in [1.54, 1.807) is 31.4 Å². The van der Waals surface area contributed by atoms with Crippen molar-refractivity contribution in [3.8, 4) is 5.75 Å². The van der Waals surface area contributed by atoms with E-state index < -0.39 is 10.0 Å². The highest BCUT2D eigenvalue weighted by Gasteiger charge is 2.07. The number of ether oxygens (including phenoxy) is 1. The van der Waals surface area contributed by atoms with Crippen LogP contribution in [0.1, 0.15) is 11.1 Å². The van der Waals surface area contributed by atoms with E-state index in [-0.39, 0.29) is 5.75 Å². The summed E-state index contributed by atoms with van der Waals surface area (Å²) in [5.41, 5.74) is 1.71. The normalized spacial score (nSPS) is 11.7. The van der Waals surface area contributed by atoms with E-state index in [9.17, 15) is 8.42 Å². The molecular formula is C16H17NO3S. The Morgan fingerprint density at radius 3 is 2.33 bits per heavy atom. The van der Waals surface area contributed by atoms with Crippen LogP contribution in [0.25, 0.3) is 0 Å². The van der Waals surface area contributed by atoms with Crippen LogP contribution in [-0.2, 0) is 16.4 Å². The molecule has 110 valence electrons. The molecule has 0 heterocycles. The Morgan fingerprint density at radius 2 is 1.71 bits per heavy atom. The Bertz CT molecular complexity index is 692. The first-order valence-corrected chi connectivity index (χ1v) is 8.16. The Balaban J connectivity index is 1.97. The third-order valence-electron chi connectivity index (χ3n) is 2.97. The van der Waals surface area contributed by atoms with Crippen molar-refractivity contribution >= 4 is 16.2 Å². The predicted molar refractivity (Wildman–Crippen MR) is 84.5 cm³/mol. The first-order valence-electron chi connectivity index (χ1n) is 6.55. The monoisotopic (exact) mass is 303 g/mol. The highest BCUT2D eigenvalue weighted by Crippen LogP contribution is 2.10. The van der Waals surface area contributed by atoms with E-state index in [2.05, 4.69) is 4.40 Å². The van der Waals surface area contributed by atoms with E-state index in [0.29, 0.717) is 6.42 Å². The van der Waals surface area contributed by atoms with E-state index in [0.717, 1.165) is 16.9 Å². The first kappa shape index (κ1) is 15.3. The number of methoxy groups -OCH3 is 1. The molecule has 0 saturated heterocycles. The molecule has 0 amide bonds. The molecule has 21 heavy (non-hydrogen) atoms. The van der Waals surface area contributed by atoms with Crippen LogP contribution in [0.5, 0.6) is 5.75 Å². The van der Waals surface area contributed by atoms with Crippen molar-refractivity contribution in [2.75, 3.05) is 12.9 Å². The SMILES string of the molecule is COc1ccc(C=NS(=O)(=O)CCc2ccccc2)cc1. The van der Waals surface area contributed by atoms with Crippen molar-refractivity contribution in [2.45, 2.75) is 6.42 Å². The Kier molecular flexibility index (Phi) is 5.11. The quantitative estimate of drug-likeness (QED) is 0.771. The van der Waals surface area contributed by atoms with Crippen LogP contribution >= 0.6 is 0 Å². The van der Waals surface area contributed by atoms with Crippen LogP contribution in [0.15, 0.2) is 59.0 Å².